The van der Waals surface area contributed by atoms with Crippen molar-refractivity contribution in [2.45, 2.75) is 78.0 Å². The molecule has 0 saturated heterocycles. The maximum absolute atomic E-state index is 13.4. The van der Waals surface area contributed by atoms with E-state index in [2.05, 4.69) is 39.2 Å². The van der Waals surface area contributed by atoms with Crippen molar-refractivity contribution in [2.24, 2.45) is 0 Å². The van der Waals surface area contributed by atoms with Gasteiger partial charge >= 0.3 is 6.09 Å². The van der Waals surface area contributed by atoms with Gasteiger partial charge in [-0.1, -0.05) is 39.0 Å². The zero-order chi connectivity index (χ0) is 35.6. The van der Waals surface area contributed by atoms with Gasteiger partial charge in [-0.05, 0) is 75.8 Å². The molecular formula is C36H59FN2O8Si. The number of halogens is 1. The molecule has 10 nitrogen and oxygen atoms in total. The minimum Gasteiger partial charge on any atom is -0.491 e. The van der Waals surface area contributed by atoms with Gasteiger partial charge in [-0.25, -0.2) is 9.18 Å². The molecule has 0 aliphatic rings. The lowest BCUT2D eigenvalue weighted by Crippen LogP contribution is -2.51. The molecule has 0 bridgehead atoms. The monoisotopic (exact) mass is 694 g/mol. The van der Waals surface area contributed by atoms with Crippen LogP contribution in [0.25, 0.3) is 0 Å². The van der Waals surface area contributed by atoms with Crippen molar-refractivity contribution in [1.82, 2.24) is 10.2 Å². The Morgan fingerprint density at radius 2 is 1.44 bits per heavy atom. The summed E-state index contributed by atoms with van der Waals surface area (Å²) in [6.45, 7) is 21.1. The predicted molar refractivity (Wildman–Crippen MR) is 189 cm³/mol. The summed E-state index contributed by atoms with van der Waals surface area (Å²) in [7, 11) is -0.377. The van der Waals surface area contributed by atoms with Gasteiger partial charge < -0.3 is 43.1 Å². The molecule has 0 aromatic heterocycles. The van der Waals surface area contributed by atoms with Crippen LogP contribution in [0, 0.1) is 5.82 Å². The first-order valence-electron chi connectivity index (χ1n) is 16.7. The molecule has 0 heterocycles. The van der Waals surface area contributed by atoms with Crippen LogP contribution in [-0.2, 0) is 30.0 Å². The fourth-order valence-electron chi connectivity index (χ4n) is 4.03. The summed E-state index contributed by atoms with van der Waals surface area (Å²) in [5.74, 6) is 0.940. The van der Waals surface area contributed by atoms with Crippen molar-refractivity contribution in [1.29, 1.82) is 0 Å². The number of ether oxygens (including phenoxy) is 6. The van der Waals surface area contributed by atoms with Crippen molar-refractivity contribution < 1.29 is 42.0 Å². The summed E-state index contributed by atoms with van der Waals surface area (Å²) in [5, 5.41) is 2.97. The number of rotatable bonds is 22. The number of nitrogens with zero attached hydrogens (tertiary/aromatic N) is 1. The average Bonchev–Trinajstić information content (AvgIpc) is 3.00. The Bertz CT molecular complexity index is 1190. The van der Waals surface area contributed by atoms with E-state index in [0.717, 1.165) is 12.1 Å². The lowest BCUT2D eigenvalue weighted by Gasteiger charge is -2.40. The standard InChI is InChI=1S/C36H59FN2O8Si/c1-35(2,3)46-34(40)39(18-20-42-22-24-43-23-21-41-19-17-38-7)26-33(47-48(8,9)36(4,5)6)28-45-32-12-10-11-31(25-32)44-27-29-13-15-30(37)16-14-29/h10-16,25,33,38H,17-24,26-28H2,1-9H3/t33-/m1/s1. The highest BCUT2D eigenvalue weighted by Crippen LogP contribution is 2.37. The molecule has 2 rings (SSSR count). The Kier molecular flexibility index (Phi) is 17.9. The molecule has 272 valence electrons. The van der Waals surface area contributed by atoms with Crippen molar-refractivity contribution in [2.75, 3.05) is 72.9 Å². The van der Waals surface area contributed by atoms with Crippen LogP contribution in [0.2, 0.25) is 18.1 Å². The molecule has 2 aromatic rings. The summed E-state index contributed by atoms with van der Waals surface area (Å²) < 4.78 is 54.9. The van der Waals surface area contributed by atoms with Crippen molar-refractivity contribution >= 4 is 14.4 Å². The second-order valence-corrected chi connectivity index (χ2v) is 18.8. The SMILES string of the molecule is CNCCOCCOCCOCCN(C[C@H](COc1cccc(OCc2ccc(F)cc2)c1)O[Si](C)(C)C(C)(C)C)C(=O)OC(C)(C)C. The van der Waals surface area contributed by atoms with Gasteiger partial charge in [0.15, 0.2) is 8.32 Å². The van der Waals surface area contributed by atoms with Crippen LogP contribution in [0.15, 0.2) is 48.5 Å². The van der Waals surface area contributed by atoms with E-state index in [1.165, 1.54) is 12.1 Å². The number of hydrogen-bond acceptors (Lipinski definition) is 9. The molecule has 2 aromatic carbocycles. The van der Waals surface area contributed by atoms with Gasteiger partial charge in [-0.3, -0.25) is 0 Å². The van der Waals surface area contributed by atoms with Gasteiger partial charge in [0.2, 0.25) is 0 Å². The minimum atomic E-state index is -2.26. The molecule has 0 aliphatic carbocycles. The van der Waals surface area contributed by atoms with E-state index in [1.54, 1.807) is 17.0 Å². The van der Waals surface area contributed by atoms with E-state index in [9.17, 15) is 9.18 Å². The lowest BCUT2D eigenvalue weighted by molar-refractivity contribution is -0.00665. The molecule has 12 heteroatoms. The van der Waals surface area contributed by atoms with Crippen LogP contribution < -0.4 is 14.8 Å². The minimum absolute atomic E-state index is 0.0584. The van der Waals surface area contributed by atoms with E-state index < -0.39 is 26.1 Å². The molecule has 48 heavy (non-hydrogen) atoms. The second-order valence-electron chi connectivity index (χ2n) is 14.1. The zero-order valence-electron chi connectivity index (χ0n) is 30.6. The van der Waals surface area contributed by atoms with E-state index in [0.29, 0.717) is 64.3 Å². The highest BCUT2D eigenvalue weighted by Gasteiger charge is 2.40. The molecule has 1 N–H and O–H groups in total. The van der Waals surface area contributed by atoms with Gasteiger partial charge in [0.25, 0.3) is 0 Å². The Morgan fingerprint density at radius 3 is 2.02 bits per heavy atom. The molecule has 1 amide bonds. The van der Waals surface area contributed by atoms with Crippen molar-refractivity contribution in [3.8, 4) is 11.5 Å². The van der Waals surface area contributed by atoms with Crippen LogP contribution in [0.3, 0.4) is 0 Å². The van der Waals surface area contributed by atoms with E-state index in [1.807, 2.05) is 52.1 Å². The normalized spacial score (nSPS) is 12.9. The third-order valence-corrected chi connectivity index (χ3v) is 12.2. The maximum atomic E-state index is 13.4. The van der Waals surface area contributed by atoms with Crippen LogP contribution in [0.5, 0.6) is 11.5 Å². The average molecular weight is 695 g/mol. The zero-order valence-corrected chi connectivity index (χ0v) is 31.6. The van der Waals surface area contributed by atoms with E-state index >= 15 is 0 Å². The van der Waals surface area contributed by atoms with Gasteiger partial charge in [0.05, 0.1) is 52.3 Å². The molecule has 1 atom stereocenters. The first-order valence-corrected chi connectivity index (χ1v) is 19.6. The highest BCUT2D eigenvalue weighted by molar-refractivity contribution is 6.74. The lowest BCUT2D eigenvalue weighted by atomic mass is 10.2. The topological polar surface area (TPSA) is 97.0 Å². The first-order chi connectivity index (χ1) is 22.6. The van der Waals surface area contributed by atoms with Gasteiger partial charge in [-0.15, -0.1) is 0 Å². The number of hydrogen-bond donors (Lipinski definition) is 1. The Morgan fingerprint density at radius 1 is 0.854 bits per heavy atom. The maximum Gasteiger partial charge on any atom is 0.410 e. The third-order valence-electron chi connectivity index (χ3n) is 7.65. The van der Waals surface area contributed by atoms with E-state index in [-0.39, 0.29) is 24.0 Å². The predicted octanol–water partition coefficient (Wildman–Crippen LogP) is 6.68. The number of carbonyl (C=O) groups excluding carboxylic acids is 1. The quantitative estimate of drug-likeness (QED) is 0.107. The molecule has 0 fully saturated rings. The Balaban J connectivity index is 2.06. The molecule has 0 spiro atoms. The number of nitrogens with one attached hydrogen (secondary N) is 1. The molecule has 0 saturated carbocycles. The number of likely N-dealkylation sites (N-methyl/N-ethyl adjacent to an activating group) is 1. The molecule has 0 unspecified atom stereocenters. The summed E-state index contributed by atoms with van der Waals surface area (Å²) in [6.07, 6.45) is -0.880. The Hall–Kier alpha value is -2.74. The van der Waals surface area contributed by atoms with E-state index in [4.69, 9.17) is 32.8 Å². The largest absolute Gasteiger partial charge is 0.491 e. The van der Waals surface area contributed by atoms with Crippen molar-refractivity contribution in [3.05, 3.63) is 59.9 Å². The number of amides is 1. The summed E-state index contributed by atoms with van der Waals surface area (Å²) in [5.41, 5.74) is 0.189. The van der Waals surface area contributed by atoms with Crippen LogP contribution in [0.4, 0.5) is 9.18 Å². The van der Waals surface area contributed by atoms with Crippen molar-refractivity contribution in [3.63, 3.8) is 0 Å². The van der Waals surface area contributed by atoms with Gasteiger partial charge in [0, 0.05) is 19.2 Å². The Labute approximate surface area is 288 Å². The summed E-state index contributed by atoms with van der Waals surface area (Å²) in [6, 6.07) is 13.6. The fraction of sp³-hybridized carbons (Fsp3) is 0.639. The van der Waals surface area contributed by atoms with Gasteiger partial charge in [-0.2, -0.15) is 0 Å². The van der Waals surface area contributed by atoms with Crippen LogP contribution in [0.1, 0.15) is 47.1 Å². The van der Waals surface area contributed by atoms with Crippen LogP contribution >= 0.6 is 0 Å². The summed E-state index contributed by atoms with van der Waals surface area (Å²) in [4.78, 5) is 15.0. The number of benzene rings is 2. The number of carbonyl (C=O) groups is 1. The third kappa shape index (κ3) is 17.1. The molecular weight excluding hydrogens is 635 g/mol. The molecule has 0 radical (unpaired) electrons. The summed E-state index contributed by atoms with van der Waals surface area (Å²) >= 11 is 0. The first kappa shape index (κ1) is 41.4. The highest BCUT2D eigenvalue weighted by atomic mass is 28.4. The smallest absolute Gasteiger partial charge is 0.410 e. The fourth-order valence-corrected chi connectivity index (χ4v) is 5.36. The van der Waals surface area contributed by atoms with Crippen LogP contribution in [-0.4, -0.2) is 104 Å². The second kappa shape index (κ2) is 20.7. The molecule has 0 aliphatic heterocycles. The van der Waals surface area contributed by atoms with Gasteiger partial charge in [0.1, 0.15) is 36.1 Å².